The largest absolute Gasteiger partial charge is 0.355 e. The fourth-order valence-electron chi connectivity index (χ4n) is 1.08. The Morgan fingerprint density at radius 1 is 1.41 bits per heavy atom. The van der Waals surface area contributed by atoms with Crippen molar-refractivity contribution in [2.45, 2.75) is 13.3 Å². The van der Waals surface area contributed by atoms with Crippen LogP contribution in [0.4, 0.5) is 5.95 Å². The Labute approximate surface area is 101 Å². The molecule has 0 aromatic carbocycles. The molecule has 0 radical (unpaired) electrons. The number of carbonyl (C=O) groups excluding carboxylic acids is 1. The Morgan fingerprint density at radius 2 is 2.06 bits per heavy atom. The van der Waals surface area contributed by atoms with Crippen molar-refractivity contribution < 1.29 is 4.79 Å². The third-order valence-corrected chi connectivity index (χ3v) is 1.89. The van der Waals surface area contributed by atoms with Crippen molar-refractivity contribution in [2.24, 2.45) is 0 Å². The first-order valence-electron chi connectivity index (χ1n) is 5.32. The van der Waals surface area contributed by atoms with E-state index in [1.165, 1.54) is 6.92 Å². The van der Waals surface area contributed by atoms with Gasteiger partial charge in [0.15, 0.2) is 0 Å². The van der Waals surface area contributed by atoms with Gasteiger partial charge in [0.25, 0.3) is 0 Å². The number of nitrogens with one attached hydrogen (secondary N) is 1. The lowest BCUT2D eigenvalue weighted by atomic mass is 10.3. The summed E-state index contributed by atoms with van der Waals surface area (Å²) >= 11 is 0. The number of nitrogens with zero attached hydrogens (tertiary/aromatic N) is 3. The topological polar surface area (TPSA) is 58.1 Å². The Balaban J connectivity index is 2.46. The van der Waals surface area contributed by atoms with Crippen molar-refractivity contribution in [1.29, 1.82) is 0 Å². The third-order valence-electron chi connectivity index (χ3n) is 1.89. The van der Waals surface area contributed by atoms with Gasteiger partial charge in [-0.05, 0) is 0 Å². The standard InChI is InChI=1S/C12H16N4O/c1-10(17)13-7-5-4-6-11-8-14-12(15-9-11)16(2)3/h8-9H,5,7H2,1-3H3,(H,13,17). The van der Waals surface area contributed by atoms with E-state index in [4.69, 9.17) is 0 Å². The van der Waals surface area contributed by atoms with Gasteiger partial charge in [0.1, 0.15) is 0 Å². The lowest BCUT2D eigenvalue weighted by Gasteiger charge is -2.08. The second-order valence-electron chi connectivity index (χ2n) is 3.70. The summed E-state index contributed by atoms with van der Waals surface area (Å²) < 4.78 is 0. The fraction of sp³-hybridized carbons (Fsp3) is 0.417. The molecule has 1 heterocycles. The van der Waals surface area contributed by atoms with Crippen LogP contribution in [0.5, 0.6) is 0 Å². The number of hydrogen-bond donors (Lipinski definition) is 1. The van der Waals surface area contributed by atoms with Gasteiger partial charge in [-0.25, -0.2) is 9.97 Å². The molecule has 0 aliphatic carbocycles. The minimum atomic E-state index is -0.0366. The van der Waals surface area contributed by atoms with Crippen LogP contribution in [0.1, 0.15) is 18.9 Å². The molecule has 1 N–H and O–H groups in total. The second-order valence-corrected chi connectivity index (χ2v) is 3.70. The van der Waals surface area contributed by atoms with Crippen LogP contribution in [0.15, 0.2) is 12.4 Å². The molecule has 0 saturated carbocycles. The Hall–Kier alpha value is -2.09. The van der Waals surface area contributed by atoms with Gasteiger partial charge in [0, 0.05) is 46.4 Å². The maximum absolute atomic E-state index is 10.6. The van der Waals surface area contributed by atoms with Crippen LogP contribution in [0, 0.1) is 11.8 Å². The summed E-state index contributed by atoms with van der Waals surface area (Å²) in [6.45, 7) is 2.06. The molecule has 0 fully saturated rings. The summed E-state index contributed by atoms with van der Waals surface area (Å²) in [6, 6.07) is 0. The van der Waals surface area contributed by atoms with E-state index < -0.39 is 0 Å². The lowest BCUT2D eigenvalue weighted by Crippen LogP contribution is -2.20. The van der Waals surface area contributed by atoms with Crippen molar-refractivity contribution in [3.8, 4) is 11.8 Å². The van der Waals surface area contributed by atoms with Crippen LogP contribution in [-0.4, -0.2) is 36.5 Å². The molecule has 0 aliphatic rings. The molecular formula is C12H16N4O. The molecule has 0 aliphatic heterocycles. The van der Waals surface area contributed by atoms with Crippen LogP contribution in [0.25, 0.3) is 0 Å². The van der Waals surface area contributed by atoms with Crippen LogP contribution in [0.2, 0.25) is 0 Å². The molecule has 17 heavy (non-hydrogen) atoms. The molecule has 5 heteroatoms. The zero-order valence-electron chi connectivity index (χ0n) is 10.3. The highest BCUT2D eigenvalue weighted by Gasteiger charge is 1.96. The predicted molar refractivity (Wildman–Crippen MR) is 66.5 cm³/mol. The van der Waals surface area contributed by atoms with Gasteiger partial charge in [0.05, 0.1) is 5.56 Å². The first-order valence-corrected chi connectivity index (χ1v) is 5.32. The molecule has 0 saturated heterocycles. The van der Waals surface area contributed by atoms with Gasteiger partial charge in [-0.2, -0.15) is 0 Å². The van der Waals surface area contributed by atoms with E-state index in [9.17, 15) is 4.79 Å². The van der Waals surface area contributed by atoms with Gasteiger partial charge in [-0.3, -0.25) is 4.79 Å². The van der Waals surface area contributed by atoms with Crippen LogP contribution < -0.4 is 10.2 Å². The van der Waals surface area contributed by atoms with E-state index >= 15 is 0 Å². The SMILES string of the molecule is CC(=O)NCCC#Cc1cnc(N(C)C)nc1. The summed E-state index contributed by atoms with van der Waals surface area (Å²) in [6.07, 6.45) is 4.00. The monoisotopic (exact) mass is 232 g/mol. The minimum absolute atomic E-state index is 0.0366. The van der Waals surface area contributed by atoms with E-state index in [0.29, 0.717) is 18.9 Å². The minimum Gasteiger partial charge on any atom is -0.355 e. The average Bonchev–Trinajstić information content (AvgIpc) is 2.29. The summed E-state index contributed by atoms with van der Waals surface area (Å²) in [4.78, 5) is 20.7. The second kappa shape index (κ2) is 6.48. The van der Waals surface area contributed by atoms with Crippen LogP contribution in [0.3, 0.4) is 0 Å². The number of amides is 1. The average molecular weight is 232 g/mol. The van der Waals surface area contributed by atoms with E-state index in [2.05, 4.69) is 27.1 Å². The van der Waals surface area contributed by atoms with E-state index in [-0.39, 0.29) is 5.91 Å². The first kappa shape index (κ1) is 13.0. The van der Waals surface area contributed by atoms with Crippen molar-refractivity contribution in [1.82, 2.24) is 15.3 Å². The molecule has 1 aromatic heterocycles. The van der Waals surface area contributed by atoms with Gasteiger partial charge in [-0.15, -0.1) is 0 Å². The predicted octanol–water partition coefficient (Wildman–Crippen LogP) is 0.420. The highest BCUT2D eigenvalue weighted by Crippen LogP contribution is 2.01. The number of hydrogen-bond acceptors (Lipinski definition) is 4. The molecule has 1 rings (SSSR count). The maximum atomic E-state index is 10.6. The molecule has 0 bridgehead atoms. The Morgan fingerprint density at radius 3 is 2.59 bits per heavy atom. The highest BCUT2D eigenvalue weighted by molar-refractivity contribution is 5.72. The molecule has 1 amide bonds. The summed E-state index contributed by atoms with van der Waals surface area (Å²) in [5.74, 6) is 6.51. The number of aromatic nitrogens is 2. The molecule has 0 unspecified atom stereocenters. The summed E-state index contributed by atoms with van der Waals surface area (Å²) in [7, 11) is 3.77. The summed E-state index contributed by atoms with van der Waals surface area (Å²) in [5.41, 5.74) is 0.776. The van der Waals surface area contributed by atoms with Crippen molar-refractivity contribution >= 4 is 11.9 Å². The Kier molecular flexibility index (Phi) is 4.95. The van der Waals surface area contributed by atoms with E-state index in [1.54, 1.807) is 12.4 Å². The zero-order valence-corrected chi connectivity index (χ0v) is 10.3. The van der Waals surface area contributed by atoms with Gasteiger partial charge >= 0.3 is 0 Å². The fourth-order valence-corrected chi connectivity index (χ4v) is 1.08. The quantitative estimate of drug-likeness (QED) is 0.606. The van der Waals surface area contributed by atoms with Gasteiger partial charge in [-0.1, -0.05) is 11.8 Å². The van der Waals surface area contributed by atoms with Crippen LogP contribution in [-0.2, 0) is 4.79 Å². The maximum Gasteiger partial charge on any atom is 0.224 e. The number of rotatable bonds is 3. The van der Waals surface area contributed by atoms with Crippen molar-refractivity contribution in [3.05, 3.63) is 18.0 Å². The lowest BCUT2D eigenvalue weighted by molar-refractivity contribution is -0.118. The third kappa shape index (κ3) is 4.98. The van der Waals surface area contributed by atoms with Gasteiger partial charge in [0.2, 0.25) is 11.9 Å². The summed E-state index contributed by atoms with van der Waals surface area (Å²) in [5, 5.41) is 2.68. The highest BCUT2D eigenvalue weighted by atomic mass is 16.1. The van der Waals surface area contributed by atoms with Crippen molar-refractivity contribution in [2.75, 3.05) is 25.5 Å². The normalized spacial score (nSPS) is 9.12. The zero-order chi connectivity index (χ0) is 12.7. The molecule has 1 aromatic rings. The molecular weight excluding hydrogens is 216 g/mol. The number of anilines is 1. The van der Waals surface area contributed by atoms with Gasteiger partial charge < -0.3 is 10.2 Å². The molecule has 5 nitrogen and oxygen atoms in total. The Bertz CT molecular complexity index is 428. The molecule has 0 spiro atoms. The molecule has 90 valence electrons. The van der Waals surface area contributed by atoms with Crippen LogP contribution >= 0.6 is 0 Å². The van der Waals surface area contributed by atoms with E-state index in [0.717, 1.165) is 5.56 Å². The van der Waals surface area contributed by atoms with Crippen molar-refractivity contribution in [3.63, 3.8) is 0 Å². The molecule has 0 atom stereocenters. The smallest absolute Gasteiger partial charge is 0.224 e. The number of carbonyl (C=O) groups is 1. The van der Waals surface area contributed by atoms with E-state index in [1.807, 2.05) is 19.0 Å². The first-order chi connectivity index (χ1) is 8.09.